The molecule has 2 aliphatic heterocycles. The Balaban J connectivity index is 1.69. The molecule has 30 heavy (non-hydrogen) atoms. The van der Waals surface area contributed by atoms with E-state index in [1.165, 1.54) is 22.5 Å². The van der Waals surface area contributed by atoms with Crippen molar-refractivity contribution < 1.29 is 26.0 Å². The molecule has 0 aliphatic carbocycles. The lowest BCUT2D eigenvalue weighted by molar-refractivity contribution is -0.173. The molecule has 3 heterocycles. The van der Waals surface area contributed by atoms with E-state index in [2.05, 4.69) is 10.4 Å². The van der Waals surface area contributed by atoms with Gasteiger partial charge in [0.1, 0.15) is 11.6 Å². The molecule has 3 atom stereocenters. The minimum atomic E-state index is -4.46. The van der Waals surface area contributed by atoms with Gasteiger partial charge in [-0.05, 0) is 49.9 Å². The maximum absolute atomic E-state index is 13.6. The Morgan fingerprint density at radius 1 is 1.23 bits per heavy atom. The standard InChI is InChI=1S/C19H22F4N4O2S/c1-2-13-10-17(19(21,22)23)27-18(24-13)11-15(25-27)16-4-3-9-26(16)30(28,29)14-7-5-12(20)6-8-14/h5-8,11,13,16-17,24H,2-4,9-10H2,1H3/t13-,16-,17+/m0/s1. The van der Waals surface area contributed by atoms with Crippen LogP contribution in [-0.2, 0) is 10.0 Å². The number of nitrogens with one attached hydrogen (secondary N) is 1. The monoisotopic (exact) mass is 446 g/mol. The van der Waals surface area contributed by atoms with Crippen LogP contribution in [0.4, 0.5) is 23.4 Å². The van der Waals surface area contributed by atoms with E-state index in [-0.39, 0.29) is 35.4 Å². The van der Waals surface area contributed by atoms with Crippen molar-refractivity contribution in [1.29, 1.82) is 0 Å². The van der Waals surface area contributed by atoms with Crippen LogP contribution in [0.15, 0.2) is 35.2 Å². The number of rotatable bonds is 4. The van der Waals surface area contributed by atoms with Gasteiger partial charge >= 0.3 is 6.18 Å². The van der Waals surface area contributed by atoms with Gasteiger partial charge in [-0.15, -0.1) is 0 Å². The van der Waals surface area contributed by atoms with Crippen molar-refractivity contribution in [3.63, 3.8) is 0 Å². The first-order valence-electron chi connectivity index (χ1n) is 9.81. The zero-order valence-electron chi connectivity index (χ0n) is 16.2. The van der Waals surface area contributed by atoms with Crippen molar-refractivity contribution in [3.05, 3.63) is 41.8 Å². The predicted molar refractivity (Wildman–Crippen MR) is 102 cm³/mol. The molecular formula is C19H22F4N4O2S. The van der Waals surface area contributed by atoms with Crippen LogP contribution in [-0.4, -0.2) is 41.3 Å². The fourth-order valence-corrected chi connectivity index (χ4v) is 5.83. The molecule has 1 saturated heterocycles. The quantitative estimate of drug-likeness (QED) is 0.714. The number of nitrogens with zero attached hydrogens (tertiary/aromatic N) is 3. The van der Waals surface area contributed by atoms with Gasteiger partial charge in [-0.1, -0.05) is 6.92 Å². The Morgan fingerprint density at radius 2 is 1.93 bits per heavy atom. The van der Waals surface area contributed by atoms with Gasteiger partial charge in [0.15, 0.2) is 6.04 Å². The van der Waals surface area contributed by atoms with Gasteiger partial charge in [0, 0.05) is 18.7 Å². The van der Waals surface area contributed by atoms with Crippen molar-refractivity contribution in [2.24, 2.45) is 0 Å². The molecule has 6 nitrogen and oxygen atoms in total. The van der Waals surface area contributed by atoms with E-state index in [0.717, 1.165) is 16.8 Å². The average Bonchev–Trinajstić information content (AvgIpc) is 3.33. The highest BCUT2D eigenvalue weighted by atomic mass is 32.2. The summed E-state index contributed by atoms with van der Waals surface area (Å²) in [5, 5.41) is 7.26. The molecule has 0 unspecified atom stereocenters. The predicted octanol–water partition coefficient (Wildman–Crippen LogP) is 4.25. The summed E-state index contributed by atoms with van der Waals surface area (Å²) in [5.41, 5.74) is 0.284. The topological polar surface area (TPSA) is 67.2 Å². The number of benzene rings is 1. The number of hydrogen-bond acceptors (Lipinski definition) is 4. The molecule has 2 aliphatic rings. The molecule has 11 heteroatoms. The molecule has 0 saturated carbocycles. The summed E-state index contributed by atoms with van der Waals surface area (Å²) in [5.74, 6) is -0.306. The smallest absolute Gasteiger partial charge is 0.367 e. The summed E-state index contributed by atoms with van der Waals surface area (Å²) in [6, 6.07) is 3.26. The van der Waals surface area contributed by atoms with Gasteiger partial charge in [-0.25, -0.2) is 17.5 Å². The SMILES string of the molecule is CC[C@H]1C[C@H](C(F)(F)F)n2nc([C@@H]3CCCN3S(=O)(=O)c3ccc(F)cc3)cc2N1. The highest BCUT2D eigenvalue weighted by Crippen LogP contribution is 2.43. The first-order valence-corrected chi connectivity index (χ1v) is 11.3. The van der Waals surface area contributed by atoms with Crippen LogP contribution in [0.3, 0.4) is 0 Å². The molecular weight excluding hydrogens is 424 g/mol. The lowest BCUT2D eigenvalue weighted by Crippen LogP contribution is -2.39. The normalized spacial score (nSPS) is 25.2. The van der Waals surface area contributed by atoms with Gasteiger partial charge in [-0.3, -0.25) is 0 Å². The number of halogens is 4. The Kier molecular flexibility index (Phi) is 5.29. The van der Waals surface area contributed by atoms with Crippen LogP contribution in [0, 0.1) is 5.82 Å². The van der Waals surface area contributed by atoms with Crippen molar-refractivity contribution >= 4 is 15.8 Å². The third-order valence-electron chi connectivity index (χ3n) is 5.75. The number of sulfonamides is 1. The Morgan fingerprint density at radius 3 is 2.57 bits per heavy atom. The maximum Gasteiger partial charge on any atom is 0.410 e. The Hall–Kier alpha value is -2.14. The zero-order chi connectivity index (χ0) is 21.7. The molecule has 1 aromatic carbocycles. The summed E-state index contributed by atoms with van der Waals surface area (Å²) in [6.07, 6.45) is -3.05. The van der Waals surface area contributed by atoms with Gasteiger partial charge < -0.3 is 5.32 Å². The minimum absolute atomic E-state index is 0.0582. The molecule has 1 N–H and O–H groups in total. The van der Waals surface area contributed by atoms with Crippen LogP contribution >= 0.6 is 0 Å². The van der Waals surface area contributed by atoms with E-state index >= 15 is 0 Å². The Labute approximate surface area is 171 Å². The number of alkyl halides is 3. The summed E-state index contributed by atoms with van der Waals surface area (Å²) >= 11 is 0. The number of anilines is 1. The van der Waals surface area contributed by atoms with Crippen LogP contribution in [0.1, 0.15) is 50.4 Å². The molecule has 0 bridgehead atoms. The number of fused-ring (bicyclic) bond motifs is 1. The van der Waals surface area contributed by atoms with Crippen molar-refractivity contribution in [1.82, 2.24) is 14.1 Å². The summed E-state index contributed by atoms with van der Waals surface area (Å²) in [6.45, 7) is 2.03. The number of hydrogen-bond donors (Lipinski definition) is 1. The van der Waals surface area contributed by atoms with E-state index in [9.17, 15) is 26.0 Å². The van der Waals surface area contributed by atoms with Gasteiger partial charge in [0.2, 0.25) is 10.0 Å². The van der Waals surface area contributed by atoms with Crippen LogP contribution in [0.5, 0.6) is 0 Å². The molecule has 0 spiro atoms. The molecule has 2 aromatic rings. The van der Waals surface area contributed by atoms with Gasteiger partial charge in [0.25, 0.3) is 0 Å². The van der Waals surface area contributed by atoms with Crippen LogP contribution < -0.4 is 5.32 Å². The lowest BCUT2D eigenvalue weighted by Gasteiger charge is -2.32. The third kappa shape index (κ3) is 3.68. The van der Waals surface area contributed by atoms with E-state index < -0.39 is 34.1 Å². The van der Waals surface area contributed by atoms with Gasteiger partial charge in [0.05, 0.1) is 16.6 Å². The largest absolute Gasteiger partial charge is 0.410 e. The second-order valence-electron chi connectivity index (χ2n) is 7.67. The molecule has 0 radical (unpaired) electrons. The molecule has 0 amide bonds. The molecule has 164 valence electrons. The second-order valence-corrected chi connectivity index (χ2v) is 9.56. The first-order chi connectivity index (χ1) is 14.1. The van der Waals surface area contributed by atoms with E-state index in [0.29, 0.717) is 19.3 Å². The fourth-order valence-electron chi connectivity index (χ4n) is 4.17. The second kappa shape index (κ2) is 7.52. The minimum Gasteiger partial charge on any atom is -0.367 e. The molecule has 4 rings (SSSR count). The highest BCUT2D eigenvalue weighted by molar-refractivity contribution is 7.89. The first kappa shape index (κ1) is 21.1. The number of aromatic nitrogens is 2. The molecule has 1 fully saturated rings. The molecule has 1 aromatic heterocycles. The van der Waals surface area contributed by atoms with Crippen LogP contribution in [0.2, 0.25) is 0 Å². The van der Waals surface area contributed by atoms with E-state index in [4.69, 9.17) is 0 Å². The highest BCUT2D eigenvalue weighted by Gasteiger charge is 2.47. The Bertz CT molecular complexity index is 1020. The average molecular weight is 446 g/mol. The maximum atomic E-state index is 13.6. The van der Waals surface area contributed by atoms with E-state index in [1.807, 2.05) is 6.92 Å². The zero-order valence-corrected chi connectivity index (χ0v) is 17.0. The summed E-state index contributed by atoms with van der Waals surface area (Å²) in [7, 11) is -3.94. The van der Waals surface area contributed by atoms with Crippen molar-refractivity contribution in [2.45, 2.75) is 61.8 Å². The summed E-state index contributed by atoms with van der Waals surface area (Å²) in [4.78, 5) is -0.0582. The summed E-state index contributed by atoms with van der Waals surface area (Å²) < 4.78 is 82.3. The van der Waals surface area contributed by atoms with Crippen LogP contribution in [0.25, 0.3) is 0 Å². The van der Waals surface area contributed by atoms with Gasteiger partial charge in [-0.2, -0.15) is 22.6 Å². The van der Waals surface area contributed by atoms with E-state index in [1.54, 1.807) is 0 Å². The van der Waals surface area contributed by atoms with Crippen molar-refractivity contribution in [3.8, 4) is 0 Å². The lowest BCUT2D eigenvalue weighted by atomic mass is 10.0. The van der Waals surface area contributed by atoms with Crippen molar-refractivity contribution in [2.75, 3.05) is 11.9 Å². The third-order valence-corrected chi connectivity index (χ3v) is 7.67. The fraction of sp³-hybridized carbons (Fsp3) is 0.526.